The number of ether oxygens (including phenoxy) is 3. The summed E-state index contributed by atoms with van der Waals surface area (Å²) in [6.45, 7) is 2.40. The Morgan fingerprint density at radius 3 is 2.19 bits per heavy atom. The van der Waals surface area contributed by atoms with Crippen LogP contribution in [0.25, 0.3) is 0 Å². The molecule has 0 saturated carbocycles. The lowest BCUT2D eigenvalue weighted by Gasteiger charge is -2.22. The number of allylic oxidation sites excluding steroid dienone is 1. The predicted octanol–water partition coefficient (Wildman–Crippen LogP) is 4.12. The molecule has 3 rings (SSSR count). The summed E-state index contributed by atoms with van der Waals surface area (Å²) in [6.07, 6.45) is 5.04. The van der Waals surface area contributed by atoms with Crippen molar-refractivity contribution < 1.29 is 14.2 Å². The Kier molecular flexibility index (Phi) is 6.28. The molecule has 0 aliphatic carbocycles. The average Bonchev–Trinajstić information content (AvgIpc) is 2.69. The molecule has 2 aromatic rings. The van der Waals surface area contributed by atoms with Gasteiger partial charge in [-0.15, -0.1) is 0 Å². The van der Waals surface area contributed by atoms with Crippen molar-refractivity contribution in [3.8, 4) is 17.2 Å². The van der Waals surface area contributed by atoms with E-state index in [2.05, 4.69) is 0 Å². The Balaban J connectivity index is 1.52. The SMILES string of the molecule is N=C(C=CN)c1ccc(Oc2ccc(OCC3CCOCC3)cc2)cc1. The predicted molar refractivity (Wildman–Crippen MR) is 102 cm³/mol. The minimum Gasteiger partial charge on any atom is -0.493 e. The number of nitrogens with two attached hydrogens (primary N) is 1. The van der Waals surface area contributed by atoms with Crippen molar-refractivity contribution in [2.75, 3.05) is 19.8 Å². The Morgan fingerprint density at radius 1 is 1.00 bits per heavy atom. The van der Waals surface area contributed by atoms with Crippen LogP contribution < -0.4 is 15.2 Å². The molecule has 0 spiro atoms. The van der Waals surface area contributed by atoms with Crippen LogP contribution in [0.4, 0.5) is 0 Å². The molecule has 1 saturated heterocycles. The van der Waals surface area contributed by atoms with Crippen molar-refractivity contribution in [3.63, 3.8) is 0 Å². The van der Waals surface area contributed by atoms with Gasteiger partial charge in [-0.25, -0.2) is 0 Å². The molecule has 1 aliphatic rings. The van der Waals surface area contributed by atoms with Gasteiger partial charge < -0.3 is 25.4 Å². The molecule has 0 atom stereocenters. The number of hydrogen-bond donors (Lipinski definition) is 2. The molecular formula is C21H24N2O3. The van der Waals surface area contributed by atoms with E-state index in [1.165, 1.54) is 6.20 Å². The van der Waals surface area contributed by atoms with Crippen LogP contribution in [-0.4, -0.2) is 25.5 Å². The van der Waals surface area contributed by atoms with Gasteiger partial charge in [0.05, 0.1) is 12.3 Å². The third kappa shape index (κ3) is 5.10. The Bertz CT molecular complexity index is 733. The van der Waals surface area contributed by atoms with Crippen LogP contribution in [0.2, 0.25) is 0 Å². The summed E-state index contributed by atoms with van der Waals surface area (Å²) in [5.41, 5.74) is 6.47. The fraction of sp³-hybridized carbons (Fsp3) is 0.286. The fourth-order valence-electron chi connectivity index (χ4n) is 2.76. The Hall–Kier alpha value is -2.79. The van der Waals surface area contributed by atoms with E-state index in [0.717, 1.165) is 49.7 Å². The van der Waals surface area contributed by atoms with Crippen LogP contribution in [0.5, 0.6) is 17.2 Å². The third-order valence-corrected chi connectivity index (χ3v) is 4.31. The van der Waals surface area contributed by atoms with Gasteiger partial charge >= 0.3 is 0 Å². The van der Waals surface area contributed by atoms with E-state index in [9.17, 15) is 0 Å². The second-order valence-electron chi connectivity index (χ2n) is 6.24. The first kappa shape index (κ1) is 18.0. The highest BCUT2D eigenvalue weighted by molar-refractivity contribution is 6.06. The van der Waals surface area contributed by atoms with Gasteiger partial charge in [0.25, 0.3) is 0 Å². The molecule has 1 heterocycles. The minimum atomic E-state index is 0.366. The van der Waals surface area contributed by atoms with Crippen molar-refractivity contribution in [1.29, 1.82) is 5.41 Å². The zero-order valence-corrected chi connectivity index (χ0v) is 14.7. The smallest absolute Gasteiger partial charge is 0.127 e. The van der Waals surface area contributed by atoms with Gasteiger partial charge in [-0.05, 0) is 85.1 Å². The molecule has 0 bridgehead atoms. The zero-order chi connectivity index (χ0) is 18.2. The minimum absolute atomic E-state index is 0.366. The molecule has 136 valence electrons. The zero-order valence-electron chi connectivity index (χ0n) is 14.7. The number of nitrogens with one attached hydrogen (secondary N) is 1. The molecule has 0 radical (unpaired) electrons. The van der Waals surface area contributed by atoms with Crippen molar-refractivity contribution in [3.05, 3.63) is 66.4 Å². The number of benzene rings is 2. The standard InChI is InChI=1S/C21H24N2O3/c22-12-9-21(23)17-1-3-19(4-2-17)26-20-7-5-18(6-8-20)25-15-16-10-13-24-14-11-16/h1-9,12,16,23H,10-11,13-15,22H2. The summed E-state index contributed by atoms with van der Waals surface area (Å²) < 4.78 is 17.1. The Morgan fingerprint density at radius 2 is 1.58 bits per heavy atom. The van der Waals surface area contributed by atoms with Crippen LogP contribution in [0.1, 0.15) is 18.4 Å². The maximum absolute atomic E-state index is 7.83. The van der Waals surface area contributed by atoms with E-state index in [4.69, 9.17) is 25.4 Å². The topological polar surface area (TPSA) is 77.6 Å². The van der Waals surface area contributed by atoms with Crippen LogP contribution in [0.3, 0.4) is 0 Å². The van der Waals surface area contributed by atoms with Gasteiger partial charge in [0, 0.05) is 13.2 Å². The van der Waals surface area contributed by atoms with Gasteiger partial charge in [0.15, 0.2) is 0 Å². The van der Waals surface area contributed by atoms with Crippen molar-refractivity contribution in [1.82, 2.24) is 0 Å². The average molecular weight is 352 g/mol. The normalized spacial score (nSPS) is 15.1. The van der Waals surface area contributed by atoms with Crippen molar-refractivity contribution >= 4 is 5.71 Å². The number of hydrogen-bond acceptors (Lipinski definition) is 5. The van der Waals surface area contributed by atoms with E-state index in [0.29, 0.717) is 17.4 Å². The molecule has 26 heavy (non-hydrogen) atoms. The van der Waals surface area contributed by atoms with E-state index in [1.54, 1.807) is 6.08 Å². The van der Waals surface area contributed by atoms with E-state index >= 15 is 0 Å². The van der Waals surface area contributed by atoms with E-state index in [1.807, 2.05) is 48.5 Å². The molecule has 0 unspecified atom stereocenters. The molecule has 5 nitrogen and oxygen atoms in total. The molecule has 1 aliphatic heterocycles. The second kappa shape index (κ2) is 9.06. The summed E-state index contributed by atoms with van der Waals surface area (Å²) >= 11 is 0. The van der Waals surface area contributed by atoms with Crippen LogP contribution in [-0.2, 0) is 4.74 Å². The van der Waals surface area contributed by atoms with Crippen LogP contribution in [0.15, 0.2) is 60.8 Å². The van der Waals surface area contributed by atoms with E-state index in [-0.39, 0.29) is 0 Å². The molecule has 1 fully saturated rings. The number of rotatable bonds is 7. The molecule has 0 aromatic heterocycles. The van der Waals surface area contributed by atoms with Gasteiger partial charge in [0.1, 0.15) is 17.2 Å². The summed E-state index contributed by atoms with van der Waals surface area (Å²) in [6, 6.07) is 15.0. The highest BCUT2D eigenvalue weighted by Crippen LogP contribution is 2.25. The summed E-state index contributed by atoms with van der Waals surface area (Å²) in [7, 11) is 0. The second-order valence-corrected chi connectivity index (χ2v) is 6.24. The van der Waals surface area contributed by atoms with Gasteiger partial charge in [-0.1, -0.05) is 0 Å². The molecule has 5 heteroatoms. The lowest BCUT2D eigenvalue weighted by molar-refractivity contribution is 0.0497. The largest absolute Gasteiger partial charge is 0.493 e. The molecule has 2 aromatic carbocycles. The first-order chi connectivity index (χ1) is 12.7. The quantitative estimate of drug-likeness (QED) is 0.735. The maximum atomic E-state index is 7.83. The highest BCUT2D eigenvalue weighted by atomic mass is 16.5. The molecule has 0 amide bonds. The first-order valence-electron chi connectivity index (χ1n) is 8.80. The van der Waals surface area contributed by atoms with Crippen LogP contribution in [0, 0.1) is 11.3 Å². The van der Waals surface area contributed by atoms with Gasteiger partial charge in [0.2, 0.25) is 0 Å². The lowest BCUT2D eigenvalue weighted by atomic mass is 10.0. The Labute approximate surface area is 153 Å². The summed E-state index contributed by atoms with van der Waals surface area (Å²) in [4.78, 5) is 0. The lowest BCUT2D eigenvalue weighted by Crippen LogP contribution is -2.21. The maximum Gasteiger partial charge on any atom is 0.127 e. The summed E-state index contributed by atoms with van der Waals surface area (Å²) in [5.74, 6) is 2.88. The third-order valence-electron chi connectivity index (χ3n) is 4.31. The van der Waals surface area contributed by atoms with Gasteiger partial charge in [-0.2, -0.15) is 0 Å². The molecule has 3 N–H and O–H groups in total. The van der Waals surface area contributed by atoms with Crippen molar-refractivity contribution in [2.45, 2.75) is 12.8 Å². The fourth-order valence-corrected chi connectivity index (χ4v) is 2.76. The monoisotopic (exact) mass is 352 g/mol. The van der Waals surface area contributed by atoms with Gasteiger partial charge in [-0.3, -0.25) is 0 Å². The summed E-state index contributed by atoms with van der Waals surface area (Å²) in [5, 5.41) is 7.83. The van der Waals surface area contributed by atoms with Crippen molar-refractivity contribution in [2.24, 2.45) is 11.7 Å². The molecular weight excluding hydrogens is 328 g/mol. The first-order valence-corrected chi connectivity index (χ1v) is 8.80. The highest BCUT2D eigenvalue weighted by Gasteiger charge is 2.14. The van der Waals surface area contributed by atoms with E-state index < -0.39 is 0 Å². The van der Waals surface area contributed by atoms with Crippen LogP contribution >= 0.6 is 0 Å².